The summed E-state index contributed by atoms with van der Waals surface area (Å²) >= 11 is 2.99. The van der Waals surface area contributed by atoms with Crippen LogP contribution in [0.5, 0.6) is 5.75 Å². The molecule has 0 saturated heterocycles. The first-order valence-electron chi connectivity index (χ1n) is 5.42. The van der Waals surface area contributed by atoms with Crippen LogP contribution in [-0.4, -0.2) is 30.0 Å². The van der Waals surface area contributed by atoms with Gasteiger partial charge in [0.05, 0.1) is 0 Å². The number of ether oxygens (including phenoxy) is 1. The summed E-state index contributed by atoms with van der Waals surface area (Å²) in [6, 6.07) is 5.04. The van der Waals surface area contributed by atoms with E-state index in [4.69, 9.17) is 0 Å². The van der Waals surface area contributed by atoms with Crippen LogP contribution in [0, 0.1) is 0 Å². The number of nitrogens with zero attached hydrogens (tertiary/aromatic N) is 3. The van der Waals surface area contributed by atoms with E-state index in [9.17, 15) is 17.2 Å². The summed E-state index contributed by atoms with van der Waals surface area (Å²) in [4.78, 5) is 0. The zero-order valence-corrected chi connectivity index (χ0v) is 12.9. The number of hydrogen-bond donors (Lipinski definition) is 1. The fourth-order valence-electron chi connectivity index (χ4n) is 1.52. The van der Waals surface area contributed by atoms with Gasteiger partial charge in [-0.2, -0.15) is 17.2 Å². The van der Waals surface area contributed by atoms with Gasteiger partial charge in [-0.15, -0.1) is 5.10 Å². The lowest BCUT2D eigenvalue weighted by Gasteiger charge is -2.09. The van der Waals surface area contributed by atoms with Gasteiger partial charge in [0.15, 0.2) is 4.60 Å². The molecule has 1 aromatic carbocycles. The van der Waals surface area contributed by atoms with E-state index >= 15 is 0 Å². The summed E-state index contributed by atoms with van der Waals surface area (Å²) in [6.45, 7) is -2.94. The first kappa shape index (κ1) is 15.6. The third kappa shape index (κ3) is 3.67. The van der Waals surface area contributed by atoms with Crippen LogP contribution in [0.15, 0.2) is 33.9 Å². The van der Waals surface area contributed by atoms with Gasteiger partial charge in [0.25, 0.3) is 10.0 Å². The molecule has 2 aromatic rings. The number of benzene rings is 1. The average molecular weight is 383 g/mol. The van der Waals surface area contributed by atoms with Gasteiger partial charge in [-0.05, 0) is 40.2 Å². The van der Waals surface area contributed by atoms with E-state index in [0.29, 0.717) is 0 Å². The summed E-state index contributed by atoms with van der Waals surface area (Å²) < 4.78 is 56.0. The molecule has 7 nitrogen and oxygen atoms in total. The molecular formula is C10H9BrF2N4O3S. The van der Waals surface area contributed by atoms with Crippen molar-refractivity contribution in [2.45, 2.75) is 11.6 Å². The van der Waals surface area contributed by atoms with Gasteiger partial charge in [-0.3, -0.25) is 4.72 Å². The maximum Gasteiger partial charge on any atom is 0.387 e. The summed E-state index contributed by atoms with van der Waals surface area (Å²) in [7, 11) is -2.49. The highest BCUT2D eigenvalue weighted by Crippen LogP contribution is 2.23. The fourth-order valence-corrected chi connectivity index (χ4v) is 3.67. The van der Waals surface area contributed by atoms with Crippen molar-refractivity contribution in [2.75, 3.05) is 4.72 Å². The number of rotatable bonds is 5. The molecule has 0 unspecified atom stereocenters. The molecule has 114 valence electrons. The second-order valence-electron chi connectivity index (χ2n) is 3.82. The Morgan fingerprint density at radius 2 is 1.95 bits per heavy atom. The third-order valence-electron chi connectivity index (χ3n) is 2.32. The molecule has 0 atom stereocenters. The van der Waals surface area contributed by atoms with Crippen molar-refractivity contribution in [1.29, 1.82) is 0 Å². The van der Waals surface area contributed by atoms with E-state index in [1.807, 2.05) is 0 Å². The molecule has 1 aromatic heterocycles. The van der Waals surface area contributed by atoms with Crippen molar-refractivity contribution in [3.63, 3.8) is 0 Å². The first-order chi connectivity index (χ1) is 9.79. The van der Waals surface area contributed by atoms with Crippen LogP contribution in [0.3, 0.4) is 0 Å². The van der Waals surface area contributed by atoms with Gasteiger partial charge in [0.2, 0.25) is 5.03 Å². The predicted molar refractivity (Wildman–Crippen MR) is 72.6 cm³/mol. The van der Waals surface area contributed by atoms with Crippen LogP contribution in [0.4, 0.5) is 14.5 Å². The molecule has 1 heterocycles. The number of anilines is 1. The Balaban J connectivity index is 2.21. The van der Waals surface area contributed by atoms with Crippen LogP contribution in [0.1, 0.15) is 0 Å². The van der Waals surface area contributed by atoms with Crippen molar-refractivity contribution in [3.05, 3.63) is 28.9 Å². The second kappa shape index (κ2) is 5.93. The van der Waals surface area contributed by atoms with Gasteiger partial charge in [-0.1, -0.05) is 5.21 Å². The Morgan fingerprint density at radius 3 is 2.43 bits per heavy atom. The van der Waals surface area contributed by atoms with Gasteiger partial charge in [0.1, 0.15) is 5.75 Å². The monoisotopic (exact) mass is 382 g/mol. The van der Waals surface area contributed by atoms with Crippen molar-refractivity contribution in [3.8, 4) is 5.75 Å². The van der Waals surface area contributed by atoms with Crippen molar-refractivity contribution >= 4 is 31.6 Å². The smallest absolute Gasteiger partial charge is 0.387 e. The number of aryl methyl sites for hydroxylation is 1. The Hall–Kier alpha value is -1.75. The Kier molecular flexibility index (Phi) is 4.42. The van der Waals surface area contributed by atoms with E-state index in [2.05, 4.69) is 35.7 Å². The summed E-state index contributed by atoms with van der Waals surface area (Å²) in [5.74, 6) is -0.0728. The maximum atomic E-state index is 12.2. The minimum absolute atomic E-state index is 0.0650. The van der Waals surface area contributed by atoms with Crippen molar-refractivity contribution in [2.24, 2.45) is 7.05 Å². The molecule has 11 heteroatoms. The maximum absolute atomic E-state index is 12.2. The van der Waals surface area contributed by atoms with Crippen LogP contribution in [-0.2, 0) is 17.1 Å². The third-order valence-corrected chi connectivity index (χ3v) is 4.59. The van der Waals surface area contributed by atoms with E-state index < -0.39 is 16.6 Å². The van der Waals surface area contributed by atoms with Gasteiger partial charge in [-0.25, -0.2) is 4.68 Å². The normalized spacial score (nSPS) is 11.7. The zero-order valence-electron chi connectivity index (χ0n) is 10.5. The van der Waals surface area contributed by atoms with E-state index in [1.165, 1.54) is 31.3 Å². The topological polar surface area (TPSA) is 86.1 Å². The Morgan fingerprint density at radius 1 is 1.33 bits per heavy atom. The van der Waals surface area contributed by atoms with E-state index in [0.717, 1.165) is 4.68 Å². The highest BCUT2D eigenvalue weighted by molar-refractivity contribution is 9.10. The van der Waals surface area contributed by atoms with Crippen LogP contribution in [0.25, 0.3) is 0 Å². The number of sulfonamides is 1. The number of hydrogen-bond acceptors (Lipinski definition) is 5. The fraction of sp³-hybridized carbons (Fsp3) is 0.200. The Labute approximate surface area is 127 Å². The van der Waals surface area contributed by atoms with E-state index in [1.54, 1.807) is 0 Å². The predicted octanol–water partition coefficient (Wildman–Crippen LogP) is 1.98. The van der Waals surface area contributed by atoms with Crippen LogP contribution < -0.4 is 9.46 Å². The highest BCUT2D eigenvalue weighted by atomic mass is 79.9. The quantitative estimate of drug-likeness (QED) is 0.854. The number of halogens is 3. The number of nitrogens with one attached hydrogen (secondary N) is 1. The molecule has 1 N–H and O–H groups in total. The van der Waals surface area contributed by atoms with Gasteiger partial charge >= 0.3 is 6.61 Å². The van der Waals surface area contributed by atoms with Crippen molar-refractivity contribution in [1.82, 2.24) is 15.0 Å². The molecule has 0 aliphatic heterocycles. The molecule has 0 fully saturated rings. The first-order valence-corrected chi connectivity index (χ1v) is 7.70. The van der Waals surface area contributed by atoms with E-state index in [-0.39, 0.29) is 21.1 Å². The van der Waals surface area contributed by atoms with Gasteiger partial charge in [0, 0.05) is 12.7 Å². The number of aromatic nitrogens is 3. The highest BCUT2D eigenvalue weighted by Gasteiger charge is 2.23. The molecule has 21 heavy (non-hydrogen) atoms. The lowest BCUT2D eigenvalue weighted by Crippen LogP contribution is -2.17. The SMILES string of the molecule is Cn1nnc(Br)c1S(=O)(=O)Nc1ccc(OC(F)F)cc1. The lowest BCUT2D eigenvalue weighted by atomic mass is 10.3. The van der Waals surface area contributed by atoms with Gasteiger partial charge < -0.3 is 4.74 Å². The molecule has 0 amide bonds. The summed E-state index contributed by atoms with van der Waals surface area (Å²) in [5, 5.41) is 6.99. The summed E-state index contributed by atoms with van der Waals surface area (Å²) in [5.41, 5.74) is 0.185. The molecule has 0 aliphatic rings. The second-order valence-corrected chi connectivity index (χ2v) is 6.17. The number of alkyl halides is 2. The average Bonchev–Trinajstić information content (AvgIpc) is 2.71. The largest absolute Gasteiger partial charge is 0.435 e. The Bertz CT molecular complexity index is 714. The minimum atomic E-state index is -3.92. The van der Waals surface area contributed by atoms with Crippen molar-refractivity contribution < 1.29 is 21.9 Å². The zero-order chi connectivity index (χ0) is 15.6. The molecular weight excluding hydrogens is 374 g/mol. The standard InChI is InChI=1S/C10H9BrF2N4O3S/c1-17-9(8(11)14-16-17)21(18,19)15-6-2-4-7(5-3-6)20-10(12)13/h2-5,10,15H,1H3. The molecule has 0 aliphatic carbocycles. The molecule has 2 rings (SSSR count). The molecule has 0 bridgehead atoms. The molecule has 0 spiro atoms. The van der Waals surface area contributed by atoms with Crippen LogP contribution in [0.2, 0.25) is 0 Å². The minimum Gasteiger partial charge on any atom is -0.435 e. The molecule has 0 saturated carbocycles. The van der Waals surface area contributed by atoms with Crippen LogP contribution >= 0.6 is 15.9 Å². The molecule has 0 radical (unpaired) electrons. The lowest BCUT2D eigenvalue weighted by molar-refractivity contribution is -0.0498. The summed E-state index contributed by atoms with van der Waals surface area (Å²) in [6.07, 6.45) is 0.